The van der Waals surface area contributed by atoms with Crippen molar-refractivity contribution in [1.82, 2.24) is 0 Å². The first-order chi connectivity index (χ1) is 6.19. The molecule has 0 saturated carbocycles. The molecule has 0 heterocycles. The first-order valence-electron chi connectivity index (χ1n) is 4.10. The predicted molar refractivity (Wildman–Crippen MR) is 54.6 cm³/mol. The van der Waals surface area contributed by atoms with Gasteiger partial charge in [-0.1, -0.05) is 19.1 Å². The van der Waals surface area contributed by atoms with Gasteiger partial charge in [-0.05, 0) is 18.1 Å². The molecule has 0 spiro atoms. The van der Waals surface area contributed by atoms with Gasteiger partial charge in [0.25, 0.3) is 0 Å². The summed E-state index contributed by atoms with van der Waals surface area (Å²) in [6.45, 7) is 1.99. The van der Waals surface area contributed by atoms with Crippen LogP contribution in [-0.2, 0) is 11.3 Å². The Morgan fingerprint density at radius 3 is 2.77 bits per heavy atom. The molecule has 0 amide bonds. The molecule has 5 heteroatoms. The molecule has 1 unspecified atom stereocenters. The van der Waals surface area contributed by atoms with Crippen molar-refractivity contribution < 1.29 is 14.3 Å². The summed E-state index contributed by atoms with van der Waals surface area (Å²) in [6.07, 6.45) is 6.05. The monoisotopic (exact) mass is 198 g/mol. The zero-order valence-electron chi connectivity index (χ0n) is 7.30. The van der Waals surface area contributed by atoms with E-state index >= 15 is 0 Å². The third-order valence-corrected chi connectivity index (χ3v) is 2.58. The Morgan fingerprint density at radius 1 is 1.62 bits per heavy atom. The molecule has 0 bridgehead atoms. The molecule has 0 aromatic heterocycles. The van der Waals surface area contributed by atoms with Crippen LogP contribution in [0.15, 0.2) is 23.8 Å². The summed E-state index contributed by atoms with van der Waals surface area (Å²) in [5.41, 5.74) is 1.04. The van der Waals surface area contributed by atoms with Crippen LogP contribution in [0.25, 0.3) is 0 Å². The fourth-order valence-corrected chi connectivity index (χ4v) is 1.71. The van der Waals surface area contributed by atoms with E-state index in [-0.39, 0.29) is 0 Å². The molecule has 0 aromatic rings. The molecule has 1 aliphatic rings. The topological polar surface area (TPSA) is 57.5 Å². The molecule has 2 N–H and O–H groups in total. The fourth-order valence-electron chi connectivity index (χ4n) is 1.19. The van der Waals surface area contributed by atoms with Gasteiger partial charge in [0.05, 0.1) is 16.1 Å². The van der Waals surface area contributed by atoms with Crippen molar-refractivity contribution in [3.63, 3.8) is 0 Å². The van der Waals surface area contributed by atoms with E-state index in [1.165, 1.54) is 0 Å². The maximum Gasteiger partial charge on any atom is 0.464 e. The van der Waals surface area contributed by atoms with Gasteiger partial charge in [0, 0.05) is 5.82 Å². The van der Waals surface area contributed by atoms with Crippen LogP contribution < -0.4 is 0 Å². The highest BCUT2D eigenvalue weighted by Gasteiger charge is 2.26. The van der Waals surface area contributed by atoms with Gasteiger partial charge in [-0.15, -0.1) is 0 Å². The van der Waals surface area contributed by atoms with Crippen LogP contribution in [0.5, 0.6) is 0 Å². The van der Waals surface area contributed by atoms with E-state index in [0.717, 1.165) is 12.0 Å². The summed E-state index contributed by atoms with van der Waals surface area (Å²) in [7, 11) is -1.48. The average Bonchev–Trinajstić information content (AvgIpc) is 2.16. The van der Waals surface area contributed by atoms with Crippen LogP contribution in [0.1, 0.15) is 13.3 Å². The summed E-state index contributed by atoms with van der Waals surface area (Å²) < 4.78 is 10.6. The Morgan fingerprint density at radius 2 is 2.31 bits per heavy atom. The van der Waals surface area contributed by atoms with Crippen LogP contribution >= 0.6 is 0 Å². The molecule has 0 aliphatic heterocycles. The molecular weight excluding hydrogens is 187 g/mol. The van der Waals surface area contributed by atoms with Crippen molar-refractivity contribution in [2.45, 2.75) is 19.2 Å². The number of rotatable bonds is 2. The van der Waals surface area contributed by atoms with E-state index in [2.05, 4.69) is 0 Å². The van der Waals surface area contributed by atoms with Crippen molar-refractivity contribution in [3.8, 4) is 0 Å². The quantitative estimate of drug-likeness (QED) is 0.489. The second kappa shape index (κ2) is 4.55. The third-order valence-electron chi connectivity index (χ3n) is 2.00. The van der Waals surface area contributed by atoms with Gasteiger partial charge in [0.1, 0.15) is 0 Å². The standard InChI is InChI=1S/C8H11BO3S/c1-2-6-3-4-7(9(10)11)8(5-6)13-12/h3-5,7,10-11H,2H2,1H3. The van der Waals surface area contributed by atoms with Gasteiger partial charge >= 0.3 is 7.12 Å². The highest BCUT2D eigenvalue weighted by atomic mass is 32.1. The maximum atomic E-state index is 10.6. The van der Waals surface area contributed by atoms with Gasteiger partial charge in [0.15, 0.2) is 0 Å². The fraction of sp³-hybridized carbons (Fsp3) is 0.375. The molecule has 0 fully saturated rings. The number of hydrogen-bond donors (Lipinski definition) is 2. The van der Waals surface area contributed by atoms with Crippen LogP contribution in [0.4, 0.5) is 0 Å². The highest BCUT2D eigenvalue weighted by Crippen LogP contribution is 2.20. The van der Waals surface area contributed by atoms with E-state index in [4.69, 9.17) is 10.0 Å². The summed E-state index contributed by atoms with van der Waals surface area (Å²) in [5.74, 6) is -0.558. The molecule has 70 valence electrons. The smallest absolute Gasteiger partial charge is 0.426 e. The van der Waals surface area contributed by atoms with Crippen LogP contribution in [0, 0.1) is 0 Å². The lowest BCUT2D eigenvalue weighted by Gasteiger charge is -2.14. The summed E-state index contributed by atoms with van der Waals surface area (Å²) in [5, 5.41) is 17.9. The Labute approximate surface area is 81.0 Å². The second-order valence-corrected chi connectivity index (χ2v) is 3.50. The Hall–Kier alpha value is -0.645. The van der Waals surface area contributed by atoms with Crippen molar-refractivity contribution in [2.75, 3.05) is 0 Å². The lowest BCUT2D eigenvalue weighted by molar-refractivity contribution is 0.405. The van der Waals surface area contributed by atoms with Gasteiger partial charge in [0.2, 0.25) is 0 Å². The van der Waals surface area contributed by atoms with Crippen molar-refractivity contribution in [3.05, 3.63) is 23.8 Å². The summed E-state index contributed by atoms with van der Waals surface area (Å²) in [6, 6.07) is 0. The maximum absolute atomic E-state index is 10.6. The molecular formula is C8H11BO3S. The van der Waals surface area contributed by atoms with Crippen LogP contribution in [0.2, 0.25) is 5.82 Å². The van der Waals surface area contributed by atoms with Crippen LogP contribution in [-0.4, -0.2) is 26.2 Å². The van der Waals surface area contributed by atoms with Crippen molar-refractivity contribution in [2.24, 2.45) is 0 Å². The summed E-state index contributed by atoms with van der Waals surface area (Å²) in [4.78, 5) is 0.467. The Balaban J connectivity index is 2.94. The van der Waals surface area contributed by atoms with Gasteiger partial charge in [-0.3, -0.25) is 0 Å². The lowest BCUT2D eigenvalue weighted by Crippen LogP contribution is -2.26. The lowest BCUT2D eigenvalue weighted by atomic mass is 9.68. The normalized spacial score (nSPS) is 21.3. The zero-order chi connectivity index (χ0) is 9.84. The third kappa shape index (κ3) is 2.40. The first-order valence-corrected chi connectivity index (χ1v) is 4.84. The van der Waals surface area contributed by atoms with Gasteiger partial charge < -0.3 is 10.0 Å². The highest BCUT2D eigenvalue weighted by molar-refractivity contribution is 7.67. The molecule has 0 aromatic carbocycles. The van der Waals surface area contributed by atoms with E-state index < -0.39 is 12.9 Å². The number of hydrogen-bond acceptors (Lipinski definition) is 3. The van der Waals surface area contributed by atoms with Crippen molar-refractivity contribution >= 4 is 23.2 Å². The summed E-state index contributed by atoms with van der Waals surface area (Å²) >= 11 is 0.320. The Bertz CT molecular complexity index is 303. The Kier molecular flexibility index (Phi) is 3.65. The molecule has 3 nitrogen and oxygen atoms in total. The predicted octanol–water partition coefficient (Wildman–Crippen LogP) is 0.121. The second-order valence-electron chi connectivity index (χ2n) is 2.86. The molecule has 1 atom stereocenters. The van der Waals surface area contributed by atoms with E-state index in [0.29, 0.717) is 16.1 Å². The number of allylic oxidation sites excluding steroid dienone is 4. The average molecular weight is 198 g/mol. The largest absolute Gasteiger partial charge is 0.464 e. The molecule has 1 rings (SSSR count). The van der Waals surface area contributed by atoms with E-state index in [1.807, 2.05) is 13.0 Å². The first kappa shape index (κ1) is 10.4. The SMILES string of the molecule is CCC1=CC(=S=O)C(B(O)O)C=C1. The minimum atomic E-state index is -1.48. The van der Waals surface area contributed by atoms with Crippen LogP contribution in [0.3, 0.4) is 0 Å². The van der Waals surface area contributed by atoms with Gasteiger partial charge in [-0.25, -0.2) is 4.21 Å². The van der Waals surface area contributed by atoms with Crippen molar-refractivity contribution in [1.29, 1.82) is 0 Å². The molecule has 13 heavy (non-hydrogen) atoms. The van der Waals surface area contributed by atoms with Gasteiger partial charge in [-0.2, -0.15) is 0 Å². The minimum absolute atomic E-state index is 0.320. The molecule has 0 saturated heterocycles. The minimum Gasteiger partial charge on any atom is -0.426 e. The zero-order valence-corrected chi connectivity index (χ0v) is 8.12. The van der Waals surface area contributed by atoms with E-state index in [1.54, 1.807) is 12.2 Å². The van der Waals surface area contributed by atoms with E-state index in [9.17, 15) is 4.21 Å². The molecule has 1 aliphatic carbocycles. The molecule has 0 radical (unpaired) electrons.